The average molecular weight is 813 g/mol. The van der Waals surface area contributed by atoms with Gasteiger partial charge in [-0.2, -0.15) is 9.98 Å². The molecule has 310 valence electrons. The SMILES string of the molecule is COc1cc(OCCO)c(F)c(C(Nc2ccc(C(N)=NC(=O)c3ccccc3)cc2)c2nc(OCOC(=O)C(C)(C)C(=O)OCC(C)(C)C)n(-c3ncccn3)n2)c1. The lowest BCUT2D eigenvalue weighted by Gasteiger charge is -2.24. The van der Waals surface area contributed by atoms with Crippen LogP contribution in [-0.4, -0.2) is 87.2 Å². The number of carbonyl (C=O) groups excluding carboxylic acids is 3. The topological polar surface area (TPSA) is 224 Å². The molecule has 3 aromatic carbocycles. The van der Waals surface area contributed by atoms with Crippen molar-refractivity contribution in [1.29, 1.82) is 0 Å². The fraction of sp³-hybridized carbons (Fsp3) is 0.317. The van der Waals surface area contributed by atoms with Gasteiger partial charge in [0.2, 0.25) is 6.79 Å². The van der Waals surface area contributed by atoms with Gasteiger partial charge < -0.3 is 39.8 Å². The molecule has 17 nitrogen and oxygen atoms in total. The number of aliphatic hydroxyl groups excluding tert-OH is 1. The first kappa shape index (κ1) is 43.2. The third-order valence-electron chi connectivity index (χ3n) is 8.30. The highest BCUT2D eigenvalue weighted by Crippen LogP contribution is 2.36. The zero-order valence-corrected chi connectivity index (χ0v) is 33.3. The highest BCUT2D eigenvalue weighted by atomic mass is 19.1. The Kier molecular flexibility index (Phi) is 13.9. The van der Waals surface area contributed by atoms with Crippen molar-refractivity contribution < 1.29 is 47.6 Å². The van der Waals surface area contributed by atoms with Crippen LogP contribution in [0.3, 0.4) is 0 Å². The molecule has 2 aromatic heterocycles. The van der Waals surface area contributed by atoms with Crippen LogP contribution >= 0.6 is 0 Å². The molecule has 1 atom stereocenters. The first-order chi connectivity index (χ1) is 28.1. The molecule has 18 heteroatoms. The Morgan fingerprint density at radius 1 is 0.915 bits per heavy atom. The molecule has 0 aliphatic carbocycles. The minimum atomic E-state index is -1.67. The predicted octanol–water partition coefficient (Wildman–Crippen LogP) is 4.82. The van der Waals surface area contributed by atoms with Gasteiger partial charge in [0, 0.05) is 40.8 Å². The van der Waals surface area contributed by atoms with Crippen LogP contribution in [0.25, 0.3) is 5.95 Å². The van der Waals surface area contributed by atoms with Crippen molar-refractivity contribution >= 4 is 29.4 Å². The highest BCUT2D eigenvalue weighted by molar-refractivity contribution is 6.08. The van der Waals surface area contributed by atoms with Crippen molar-refractivity contribution in [2.24, 2.45) is 21.6 Å². The molecule has 2 heterocycles. The van der Waals surface area contributed by atoms with Crippen LogP contribution in [0.15, 0.2) is 90.2 Å². The maximum Gasteiger partial charge on any atom is 0.325 e. The lowest BCUT2D eigenvalue weighted by atomic mass is 9.93. The number of hydrogen-bond donors (Lipinski definition) is 3. The maximum atomic E-state index is 16.4. The summed E-state index contributed by atoms with van der Waals surface area (Å²) >= 11 is 0. The fourth-order valence-corrected chi connectivity index (χ4v) is 5.11. The third kappa shape index (κ3) is 11.1. The van der Waals surface area contributed by atoms with Crippen molar-refractivity contribution in [2.45, 2.75) is 40.7 Å². The van der Waals surface area contributed by atoms with Crippen LogP contribution in [0.1, 0.15) is 68.0 Å². The average Bonchev–Trinajstić information content (AvgIpc) is 3.65. The molecular formula is C41H45FN8O9. The van der Waals surface area contributed by atoms with Gasteiger partial charge in [-0.25, -0.2) is 14.4 Å². The van der Waals surface area contributed by atoms with Gasteiger partial charge in [0.05, 0.1) is 20.3 Å². The number of amidine groups is 1. The van der Waals surface area contributed by atoms with E-state index in [1.165, 1.54) is 45.5 Å². The highest BCUT2D eigenvalue weighted by Gasteiger charge is 2.40. The quantitative estimate of drug-likeness (QED) is 0.0376. The Balaban J connectivity index is 1.50. The number of ether oxygens (including phenoxy) is 5. The summed E-state index contributed by atoms with van der Waals surface area (Å²) in [7, 11) is 1.39. The lowest BCUT2D eigenvalue weighted by molar-refractivity contribution is -0.175. The van der Waals surface area contributed by atoms with Crippen LogP contribution < -0.4 is 25.3 Å². The molecule has 0 saturated heterocycles. The van der Waals surface area contributed by atoms with Crippen LogP contribution in [0.4, 0.5) is 10.1 Å². The summed E-state index contributed by atoms with van der Waals surface area (Å²) in [5, 5.41) is 17.2. The zero-order chi connectivity index (χ0) is 42.7. The van der Waals surface area contributed by atoms with E-state index in [0.29, 0.717) is 16.8 Å². The molecule has 5 rings (SSSR count). The summed E-state index contributed by atoms with van der Waals surface area (Å²) in [6.45, 7) is 7.16. The Morgan fingerprint density at radius 2 is 1.59 bits per heavy atom. The van der Waals surface area contributed by atoms with Crippen molar-refractivity contribution in [1.82, 2.24) is 24.7 Å². The molecule has 1 amide bonds. The first-order valence-electron chi connectivity index (χ1n) is 18.2. The number of rotatable bonds is 17. The Labute approximate surface area is 339 Å². The van der Waals surface area contributed by atoms with Crippen molar-refractivity contribution in [2.75, 3.05) is 39.0 Å². The van der Waals surface area contributed by atoms with Crippen LogP contribution in [0.5, 0.6) is 17.5 Å². The number of methoxy groups -OCH3 is 1. The molecule has 0 radical (unpaired) electrons. The summed E-state index contributed by atoms with van der Waals surface area (Å²) in [6.07, 6.45) is 2.90. The second kappa shape index (κ2) is 19.0. The number of aromatic nitrogens is 5. The van der Waals surface area contributed by atoms with Crippen molar-refractivity contribution in [3.8, 4) is 23.5 Å². The number of hydrogen-bond acceptors (Lipinski definition) is 14. The Bertz CT molecular complexity index is 2260. The fourth-order valence-electron chi connectivity index (χ4n) is 5.11. The number of benzene rings is 3. The Hall–Kier alpha value is -6.95. The summed E-state index contributed by atoms with van der Waals surface area (Å²) in [5.74, 6) is -3.16. The summed E-state index contributed by atoms with van der Waals surface area (Å²) in [5.41, 5.74) is 5.36. The predicted molar refractivity (Wildman–Crippen MR) is 212 cm³/mol. The molecular weight excluding hydrogens is 767 g/mol. The molecule has 1 unspecified atom stereocenters. The Morgan fingerprint density at radius 3 is 2.24 bits per heavy atom. The summed E-state index contributed by atoms with van der Waals surface area (Å²) < 4.78 is 45.0. The van der Waals surface area contributed by atoms with Gasteiger partial charge in [0.15, 0.2) is 22.8 Å². The molecule has 0 aliphatic rings. The van der Waals surface area contributed by atoms with Gasteiger partial charge in [0.25, 0.3) is 11.9 Å². The number of nitrogens with two attached hydrogens (primary N) is 1. The van der Waals surface area contributed by atoms with E-state index in [-0.39, 0.29) is 65.9 Å². The van der Waals surface area contributed by atoms with Gasteiger partial charge in [-0.1, -0.05) is 39.0 Å². The molecule has 0 saturated carbocycles. The van der Waals surface area contributed by atoms with E-state index in [9.17, 15) is 19.5 Å². The number of anilines is 1. The molecule has 59 heavy (non-hydrogen) atoms. The molecule has 0 aliphatic heterocycles. The van der Waals surface area contributed by atoms with E-state index < -0.39 is 41.9 Å². The lowest BCUT2D eigenvalue weighted by Crippen LogP contribution is -2.38. The summed E-state index contributed by atoms with van der Waals surface area (Å²) in [6, 6.07) is 17.8. The number of amides is 1. The van der Waals surface area contributed by atoms with Crippen LogP contribution in [0.2, 0.25) is 0 Å². The monoisotopic (exact) mass is 812 g/mol. The molecule has 0 fully saturated rings. The van der Waals surface area contributed by atoms with Gasteiger partial charge in [-0.3, -0.25) is 14.4 Å². The minimum absolute atomic E-state index is 0.000313. The van der Waals surface area contributed by atoms with Crippen LogP contribution in [-0.2, 0) is 19.1 Å². The number of esters is 2. The van der Waals surface area contributed by atoms with Crippen molar-refractivity contribution in [3.05, 3.63) is 114 Å². The van der Waals surface area contributed by atoms with Crippen LogP contribution in [0, 0.1) is 16.6 Å². The zero-order valence-electron chi connectivity index (χ0n) is 33.3. The molecule has 4 N–H and O–H groups in total. The number of nitrogens with one attached hydrogen (secondary N) is 1. The van der Waals surface area contributed by atoms with E-state index in [1.807, 2.05) is 20.8 Å². The number of aliphatic imine (C=N–C) groups is 1. The first-order valence-corrected chi connectivity index (χ1v) is 18.2. The van der Waals surface area contributed by atoms with Gasteiger partial charge in [0.1, 0.15) is 24.2 Å². The molecule has 0 spiro atoms. The number of carbonyl (C=O) groups is 3. The minimum Gasteiger partial charge on any atom is -0.497 e. The van der Waals surface area contributed by atoms with E-state index in [0.717, 1.165) is 4.68 Å². The van der Waals surface area contributed by atoms with Gasteiger partial charge in [-0.05, 0) is 67.8 Å². The standard InChI is InChI=1S/C41H45FN8O9/c1-40(2,3)23-57-36(53)41(4,5)37(54)58-24-59-39-48-34(49-50(39)38-44-17-10-18-45-38)32(29-21-28(55-6)22-30(31(29)42)56-20-19-51)46-27-15-13-25(14-16-27)33(43)47-35(52)26-11-8-7-9-12-26/h7-18,21-22,32,46,51H,19-20,23-24H2,1-6H3,(H2,43,47,52). The van der Waals surface area contributed by atoms with E-state index in [1.54, 1.807) is 60.7 Å². The smallest absolute Gasteiger partial charge is 0.325 e. The van der Waals surface area contributed by atoms with E-state index in [4.69, 9.17) is 29.4 Å². The van der Waals surface area contributed by atoms with E-state index in [2.05, 4.69) is 30.4 Å². The molecule has 0 bridgehead atoms. The largest absolute Gasteiger partial charge is 0.497 e. The number of halogens is 1. The van der Waals surface area contributed by atoms with Gasteiger partial charge >= 0.3 is 17.9 Å². The molecule has 5 aromatic rings. The third-order valence-corrected chi connectivity index (χ3v) is 8.30. The second-order valence-electron chi connectivity index (χ2n) is 14.6. The maximum absolute atomic E-state index is 16.4. The normalized spacial score (nSPS) is 12.3. The van der Waals surface area contributed by atoms with Crippen molar-refractivity contribution in [3.63, 3.8) is 0 Å². The van der Waals surface area contributed by atoms with Gasteiger partial charge in [-0.15, -0.1) is 9.78 Å². The van der Waals surface area contributed by atoms with E-state index >= 15 is 4.39 Å². The number of aliphatic hydroxyl groups is 1. The second-order valence-corrected chi connectivity index (χ2v) is 14.6. The number of nitrogens with zero attached hydrogens (tertiary/aromatic N) is 6. The summed E-state index contributed by atoms with van der Waals surface area (Å²) in [4.78, 5) is 55.6.